The maximum absolute atomic E-state index is 12.8. The van der Waals surface area contributed by atoms with Gasteiger partial charge < -0.3 is 4.74 Å². The summed E-state index contributed by atoms with van der Waals surface area (Å²) in [7, 11) is 0. The molecule has 13 heavy (non-hydrogen) atoms. The Bertz CT molecular complexity index is 284. The van der Waals surface area contributed by atoms with E-state index in [9.17, 15) is 4.39 Å². The second-order valence-corrected chi connectivity index (χ2v) is 3.30. The summed E-state index contributed by atoms with van der Waals surface area (Å²) < 4.78 is 18.0. The molecule has 0 saturated carbocycles. The Balaban J connectivity index is 2.14. The molecule has 0 unspecified atom stereocenters. The van der Waals surface area contributed by atoms with Gasteiger partial charge in [0.25, 0.3) is 0 Å². The number of nitrogens with zero attached hydrogens (tertiary/aromatic N) is 1. The van der Waals surface area contributed by atoms with E-state index in [0.29, 0.717) is 5.92 Å². The van der Waals surface area contributed by atoms with Crippen molar-refractivity contribution in [1.82, 2.24) is 4.98 Å². The highest BCUT2D eigenvalue weighted by molar-refractivity contribution is 5.16. The van der Waals surface area contributed by atoms with E-state index in [-0.39, 0.29) is 5.95 Å². The molecule has 0 N–H and O–H groups in total. The van der Waals surface area contributed by atoms with Crippen molar-refractivity contribution in [2.75, 3.05) is 13.2 Å². The Labute approximate surface area is 76.7 Å². The molecule has 2 heterocycles. The third-order valence-electron chi connectivity index (χ3n) is 2.44. The van der Waals surface area contributed by atoms with Gasteiger partial charge in [0.2, 0.25) is 5.95 Å². The van der Waals surface area contributed by atoms with E-state index in [1.54, 1.807) is 0 Å². The summed E-state index contributed by atoms with van der Waals surface area (Å²) >= 11 is 0. The van der Waals surface area contributed by atoms with E-state index in [0.717, 1.165) is 31.6 Å². The van der Waals surface area contributed by atoms with Gasteiger partial charge in [0, 0.05) is 19.4 Å². The second-order valence-electron chi connectivity index (χ2n) is 3.30. The molecule has 1 aliphatic rings. The molecule has 3 heteroatoms. The number of halogens is 1. The zero-order valence-electron chi connectivity index (χ0n) is 7.37. The van der Waals surface area contributed by atoms with Gasteiger partial charge in [-0.25, -0.2) is 4.98 Å². The molecule has 0 aliphatic carbocycles. The predicted molar refractivity (Wildman–Crippen MR) is 47.0 cm³/mol. The molecule has 70 valence electrons. The van der Waals surface area contributed by atoms with Crippen LogP contribution in [-0.4, -0.2) is 18.2 Å². The van der Waals surface area contributed by atoms with Crippen molar-refractivity contribution < 1.29 is 9.13 Å². The molecule has 0 spiro atoms. The van der Waals surface area contributed by atoms with Gasteiger partial charge in [0.05, 0.1) is 0 Å². The lowest BCUT2D eigenvalue weighted by Gasteiger charge is -2.21. The molecule has 1 aliphatic heterocycles. The lowest BCUT2D eigenvalue weighted by molar-refractivity contribution is 0.0852. The molecule has 0 aromatic carbocycles. The minimum absolute atomic E-state index is 0.385. The molecular weight excluding hydrogens is 169 g/mol. The van der Waals surface area contributed by atoms with Crippen LogP contribution in [0.2, 0.25) is 0 Å². The monoisotopic (exact) mass is 181 g/mol. The molecule has 1 saturated heterocycles. The molecule has 0 radical (unpaired) electrons. The van der Waals surface area contributed by atoms with Crippen LogP contribution in [0.3, 0.4) is 0 Å². The fourth-order valence-corrected chi connectivity index (χ4v) is 1.70. The first-order valence-corrected chi connectivity index (χ1v) is 4.55. The largest absolute Gasteiger partial charge is 0.381 e. The molecular formula is C10H12FNO. The van der Waals surface area contributed by atoms with Crippen molar-refractivity contribution in [3.8, 4) is 0 Å². The zero-order chi connectivity index (χ0) is 9.10. The van der Waals surface area contributed by atoms with E-state index >= 15 is 0 Å². The van der Waals surface area contributed by atoms with Crippen LogP contribution in [0.1, 0.15) is 24.3 Å². The minimum atomic E-state index is -0.385. The van der Waals surface area contributed by atoms with E-state index in [4.69, 9.17) is 4.74 Å². The number of aromatic nitrogens is 1. The Kier molecular flexibility index (Phi) is 2.54. The average Bonchev–Trinajstić information content (AvgIpc) is 2.19. The number of hydrogen-bond acceptors (Lipinski definition) is 2. The van der Waals surface area contributed by atoms with Gasteiger partial charge in [-0.05, 0) is 36.5 Å². The van der Waals surface area contributed by atoms with Gasteiger partial charge in [-0.2, -0.15) is 4.39 Å². The third-order valence-corrected chi connectivity index (χ3v) is 2.44. The van der Waals surface area contributed by atoms with E-state index < -0.39 is 0 Å². The van der Waals surface area contributed by atoms with Crippen molar-refractivity contribution in [3.63, 3.8) is 0 Å². The summed E-state index contributed by atoms with van der Waals surface area (Å²) in [6.45, 7) is 1.57. The summed E-state index contributed by atoms with van der Waals surface area (Å²) in [6, 6.07) is 3.41. The molecule has 1 aromatic heterocycles. The molecule has 2 nitrogen and oxygen atoms in total. The highest BCUT2D eigenvalue weighted by atomic mass is 19.1. The molecule has 0 amide bonds. The first-order chi connectivity index (χ1) is 6.36. The van der Waals surface area contributed by atoms with Gasteiger partial charge in [-0.15, -0.1) is 0 Å². The summed E-state index contributed by atoms with van der Waals surface area (Å²) in [4.78, 5) is 3.54. The minimum Gasteiger partial charge on any atom is -0.381 e. The van der Waals surface area contributed by atoms with Crippen LogP contribution in [0.15, 0.2) is 18.3 Å². The molecule has 2 rings (SSSR count). The van der Waals surface area contributed by atoms with Crippen LogP contribution in [0.4, 0.5) is 4.39 Å². The van der Waals surface area contributed by atoms with E-state index in [1.807, 2.05) is 6.07 Å². The van der Waals surface area contributed by atoms with Crippen molar-refractivity contribution in [2.24, 2.45) is 0 Å². The fourth-order valence-electron chi connectivity index (χ4n) is 1.70. The van der Waals surface area contributed by atoms with Crippen molar-refractivity contribution in [2.45, 2.75) is 18.8 Å². The number of rotatable bonds is 1. The topological polar surface area (TPSA) is 22.1 Å². The van der Waals surface area contributed by atoms with Crippen LogP contribution < -0.4 is 0 Å². The van der Waals surface area contributed by atoms with Crippen molar-refractivity contribution in [3.05, 3.63) is 29.8 Å². The number of ether oxygens (including phenoxy) is 1. The SMILES string of the molecule is Fc1cc(C2CCOCC2)ccn1. The maximum atomic E-state index is 12.8. The highest BCUT2D eigenvalue weighted by Crippen LogP contribution is 2.26. The van der Waals surface area contributed by atoms with Crippen molar-refractivity contribution >= 4 is 0 Å². The van der Waals surface area contributed by atoms with Crippen LogP contribution in [0.25, 0.3) is 0 Å². The van der Waals surface area contributed by atoms with Gasteiger partial charge in [-0.1, -0.05) is 0 Å². The number of pyridine rings is 1. The predicted octanol–water partition coefficient (Wildman–Crippen LogP) is 2.11. The normalized spacial score (nSPS) is 18.8. The first-order valence-electron chi connectivity index (χ1n) is 4.55. The quantitative estimate of drug-likeness (QED) is 0.619. The smallest absolute Gasteiger partial charge is 0.213 e. The van der Waals surface area contributed by atoms with E-state index in [2.05, 4.69) is 4.98 Å². The molecule has 0 atom stereocenters. The first kappa shape index (κ1) is 8.63. The lowest BCUT2D eigenvalue weighted by Crippen LogP contribution is -2.14. The summed E-state index contributed by atoms with van der Waals surface area (Å²) in [6.07, 6.45) is 3.51. The second kappa shape index (κ2) is 3.83. The Morgan fingerprint density at radius 1 is 1.38 bits per heavy atom. The van der Waals surface area contributed by atoms with Crippen molar-refractivity contribution in [1.29, 1.82) is 0 Å². The van der Waals surface area contributed by atoms with Gasteiger partial charge in [-0.3, -0.25) is 0 Å². The average molecular weight is 181 g/mol. The Morgan fingerprint density at radius 3 is 2.85 bits per heavy atom. The van der Waals surface area contributed by atoms with Crippen LogP contribution in [-0.2, 0) is 4.74 Å². The third kappa shape index (κ3) is 2.04. The fraction of sp³-hybridized carbons (Fsp3) is 0.500. The van der Waals surface area contributed by atoms with Crippen LogP contribution in [0, 0.1) is 5.95 Å². The van der Waals surface area contributed by atoms with E-state index in [1.165, 1.54) is 12.3 Å². The highest BCUT2D eigenvalue weighted by Gasteiger charge is 2.15. The number of hydrogen-bond donors (Lipinski definition) is 0. The summed E-state index contributed by atoms with van der Waals surface area (Å²) in [5.41, 5.74) is 1.05. The maximum Gasteiger partial charge on any atom is 0.213 e. The van der Waals surface area contributed by atoms with Gasteiger partial charge in [0.1, 0.15) is 0 Å². The standard InChI is InChI=1S/C10H12FNO/c11-10-7-9(1-4-12-10)8-2-5-13-6-3-8/h1,4,7-8H,2-3,5-6H2. The zero-order valence-corrected chi connectivity index (χ0v) is 7.37. The summed E-state index contributed by atoms with van der Waals surface area (Å²) in [5, 5.41) is 0. The molecule has 1 aromatic rings. The van der Waals surface area contributed by atoms with Crippen LogP contribution in [0.5, 0.6) is 0 Å². The molecule has 1 fully saturated rings. The van der Waals surface area contributed by atoms with Crippen LogP contribution >= 0.6 is 0 Å². The lowest BCUT2D eigenvalue weighted by atomic mass is 9.93. The Morgan fingerprint density at radius 2 is 2.15 bits per heavy atom. The molecule has 0 bridgehead atoms. The van der Waals surface area contributed by atoms with Gasteiger partial charge >= 0.3 is 0 Å². The summed E-state index contributed by atoms with van der Waals surface area (Å²) in [5.74, 6) is 0.0650. The Hall–Kier alpha value is -0.960. The van der Waals surface area contributed by atoms with Gasteiger partial charge in [0.15, 0.2) is 0 Å².